The molecule has 0 aliphatic heterocycles. The number of amides is 1. The molecular weight excluding hydrogens is 306 g/mol. The van der Waals surface area contributed by atoms with Crippen LogP contribution in [0.15, 0.2) is 53.4 Å². The first-order valence-electron chi connectivity index (χ1n) is 7.75. The molecule has 0 heterocycles. The molecule has 0 saturated carbocycles. The molecule has 0 aliphatic rings. The molecule has 2 rings (SSSR count). The molecule has 0 aromatic heterocycles. The van der Waals surface area contributed by atoms with E-state index in [0.29, 0.717) is 13.2 Å². The van der Waals surface area contributed by atoms with Crippen molar-refractivity contribution in [2.24, 2.45) is 0 Å². The summed E-state index contributed by atoms with van der Waals surface area (Å²) in [6.45, 7) is 6.98. The SMILES string of the molecule is Cc1ccc(OCCNC(=O)[C@H](C)Sc2ccc(C)cc2)cc1. The Labute approximate surface area is 142 Å². The van der Waals surface area contributed by atoms with Crippen molar-refractivity contribution in [3.63, 3.8) is 0 Å². The van der Waals surface area contributed by atoms with Crippen molar-refractivity contribution in [2.75, 3.05) is 13.2 Å². The highest BCUT2D eigenvalue weighted by Gasteiger charge is 2.13. The second kappa shape index (κ2) is 8.63. The third-order valence-corrected chi connectivity index (χ3v) is 4.51. The first-order chi connectivity index (χ1) is 11.0. The lowest BCUT2D eigenvalue weighted by Crippen LogP contribution is -2.33. The highest BCUT2D eigenvalue weighted by Crippen LogP contribution is 2.23. The van der Waals surface area contributed by atoms with E-state index in [4.69, 9.17) is 4.74 Å². The molecule has 0 saturated heterocycles. The van der Waals surface area contributed by atoms with E-state index in [2.05, 4.69) is 24.4 Å². The molecule has 1 amide bonds. The van der Waals surface area contributed by atoms with Crippen molar-refractivity contribution in [2.45, 2.75) is 30.9 Å². The van der Waals surface area contributed by atoms with Gasteiger partial charge >= 0.3 is 0 Å². The molecule has 0 unspecified atom stereocenters. The fraction of sp³-hybridized carbons (Fsp3) is 0.316. The fourth-order valence-electron chi connectivity index (χ4n) is 2.00. The Morgan fingerprint density at radius 3 is 2.22 bits per heavy atom. The Morgan fingerprint density at radius 1 is 1.04 bits per heavy atom. The number of hydrogen-bond acceptors (Lipinski definition) is 3. The van der Waals surface area contributed by atoms with Gasteiger partial charge in [-0.05, 0) is 45.0 Å². The molecule has 2 aromatic rings. The number of ether oxygens (including phenoxy) is 1. The van der Waals surface area contributed by atoms with Gasteiger partial charge in [-0.1, -0.05) is 35.4 Å². The van der Waals surface area contributed by atoms with E-state index in [9.17, 15) is 4.79 Å². The molecule has 2 aromatic carbocycles. The molecule has 0 aliphatic carbocycles. The molecule has 23 heavy (non-hydrogen) atoms. The van der Waals surface area contributed by atoms with E-state index >= 15 is 0 Å². The second-order valence-electron chi connectivity index (χ2n) is 5.53. The van der Waals surface area contributed by atoms with E-state index in [-0.39, 0.29) is 11.2 Å². The number of carbonyl (C=O) groups is 1. The summed E-state index contributed by atoms with van der Waals surface area (Å²) >= 11 is 1.56. The Hall–Kier alpha value is -1.94. The maximum atomic E-state index is 12.1. The topological polar surface area (TPSA) is 38.3 Å². The van der Waals surface area contributed by atoms with Crippen molar-refractivity contribution < 1.29 is 9.53 Å². The van der Waals surface area contributed by atoms with Crippen LogP contribution < -0.4 is 10.1 Å². The van der Waals surface area contributed by atoms with Gasteiger partial charge in [-0.2, -0.15) is 0 Å². The Morgan fingerprint density at radius 2 is 1.61 bits per heavy atom. The van der Waals surface area contributed by atoms with Crippen molar-refractivity contribution in [3.05, 3.63) is 59.7 Å². The third-order valence-electron chi connectivity index (χ3n) is 3.39. The van der Waals surface area contributed by atoms with Crippen LogP contribution in [0, 0.1) is 13.8 Å². The van der Waals surface area contributed by atoms with Crippen LogP contribution >= 0.6 is 11.8 Å². The number of rotatable bonds is 7. The van der Waals surface area contributed by atoms with Gasteiger partial charge in [0.15, 0.2) is 0 Å². The molecule has 1 N–H and O–H groups in total. The number of benzene rings is 2. The van der Waals surface area contributed by atoms with Crippen molar-refractivity contribution in [3.8, 4) is 5.75 Å². The lowest BCUT2D eigenvalue weighted by atomic mass is 10.2. The summed E-state index contributed by atoms with van der Waals surface area (Å²) in [6.07, 6.45) is 0. The van der Waals surface area contributed by atoms with Gasteiger partial charge in [-0.3, -0.25) is 4.79 Å². The normalized spacial score (nSPS) is 11.8. The van der Waals surface area contributed by atoms with E-state index in [0.717, 1.165) is 10.6 Å². The summed E-state index contributed by atoms with van der Waals surface area (Å²) in [4.78, 5) is 13.2. The minimum Gasteiger partial charge on any atom is -0.492 e. The summed E-state index contributed by atoms with van der Waals surface area (Å²) in [6, 6.07) is 16.1. The summed E-state index contributed by atoms with van der Waals surface area (Å²) in [7, 11) is 0. The largest absolute Gasteiger partial charge is 0.492 e. The summed E-state index contributed by atoms with van der Waals surface area (Å²) in [5, 5.41) is 2.78. The minimum absolute atomic E-state index is 0.0306. The zero-order valence-corrected chi connectivity index (χ0v) is 14.7. The van der Waals surface area contributed by atoms with E-state index in [1.165, 1.54) is 11.1 Å². The van der Waals surface area contributed by atoms with Gasteiger partial charge in [0.2, 0.25) is 5.91 Å². The molecular formula is C19H23NO2S. The standard InChI is InChI=1S/C19H23NO2S/c1-14-4-8-17(9-5-14)22-13-12-20-19(21)16(3)23-18-10-6-15(2)7-11-18/h4-11,16H,12-13H2,1-3H3,(H,20,21)/t16-/m0/s1. The summed E-state index contributed by atoms with van der Waals surface area (Å²) in [5.74, 6) is 0.856. The van der Waals surface area contributed by atoms with E-state index < -0.39 is 0 Å². The third kappa shape index (κ3) is 5.99. The second-order valence-corrected chi connectivity index (χ2v) is 6.94. The Kier molecular flexibility index (Phi) is 6.53. The predicted octanol–water partition coefficient (Wildman–Crippen LogP) is 3.98. The van der Waals surface area contributed by atoms with Crippen LogP contribution in [0.25, 0.3) is 0 Å². The van der Waals surface area contributed by atoms with Gasteiger partial charge in [0.05, 0.1) is 11.8 Å². The first-order valence-corrected chi connectivity index (χ1v) is 8.63. The van der Waals surface area contributed by atoms with Crippen LogP contribution in [-0.2, 0) is 4.79 Å². The number of carbonyl (C=O) groups excluding carboxylic acids is 1. The van der Waals surface area contributed by atoms with Crippen molar-refractivity contribution >= 4 is 17.7 Å². The molecule has 1 atom stereocenters. The number of nitrogens with one attached hydrogen (secondary N) is 1. The fourth-order valence-corrected chi connectivity index (χ4v) is 2.89. The smallest absolute Gasteiger partial charge is 0.233 e. The lowest BCUT2D eigenvalue weighted by molar-refractivity contribution is -0.120. The van der Waals surface area contributed by atoms with Crippen molar-refractivity contribution in [1.82, 2.24) is 5.32 Å². The van der Waals surface area contributed by atoms with Crippen LogP contribution in [0.3, 0.4) is 0 Å². The number of thioether (sulfide) groups is 1. The van der Waals surface area contributed by atoms with Crippen LogP contribution in [0.5, 0.6) is 5.75 Å². The monoisotopic (exact) mass is 329 g/mol. The van der Waals surface area contributed by atoms with E-state index in [1.807, 2.05) is 50.2 Å². The number of aryl methyl sites for hydroxylation is 2. The number of hydrogen-bond donors (Lipinski definition) is 1. The highest BCUT2D eigenvalue weighted by atomic mass is 32.2. The molecule has 122 valence electrons. The van der Waals surface area contributed by atoms with Gasteiger partial charge in [0.1, 0.15) is 12.4 Å². The van der Waals surface area contributed by atoms with Crippen LogP contribution in [0.4, 0.5) is 0 Å². The van der Waals surface area contributed by atoms with E-state index in [1.54, 1.807) is 11.8 Å². The molecule has 0 fully saturated rings. The zero-order chi connectivity index (χ0) is 16.7. The van der Waals surface area contributed by atoms with Crippen LogP contribution in [-0.4, -0.2) is 24.3 Å². The predicted molar refractivity (Wildman–Crippen MR) is 96.2 cm³/mol. The van der Waals surface area contributed by atoms with Gasteiger partial charge in [0.25, 0.3) is 0 Å². The molecule has 4 heteroatoms. The molecule has 3 nitrogen and oxygen atoms in total. The lowest BCUT2D eigenvalue weighted by Gasteiger charge is -2.12. The zero-order valence-electron chi connectivity index (χ0n) is 13.8. The Bertz CT molecular complexity index is 623. The maximum absolute atomic E-state index is 12.1. The molecule has 0 radical (unpaired) electrons. The van der Waals surface area contributed by atoms with Crippen molar-refractivity contribution in [1.29, 1.82) is 0 Å². The van der Waals surface area contributed by atoms with Gasteiger partial charge < -0.3 is 10.1 Å². The summed E-state index contributed by atoms with van der Waals surface area (Å²) in [5.41, 5.74) is 2.42. The van der Waals surface area contributed by atoms with Gasteiger partial charge in [-0.15, -0.1) is 11.8 Å². The molecule has 0 spiro atoms. The quantitative estimate of drug-likeness (QED) is 0.617. The maximum Gasteiger partial charge on any atom is 0.233 e. The average molecular weight is 329 g/mol. The highest BCUT2D eigenvalue weighted by molar-refractivity contribution is 8.00. The molecule has 0 bridgehead atoms. The first kappa shape index (κ1) is 17.4. The average Bonchev–Trinajstić information content (AvgIpc) is 2.55. The van der Waals surface area contributed by atoms with Gasteiger partial charge in [-0.25, -0.2) is 0 Å². The summed E-state index contributed by atoms with van der Waals surface area (Å²) < 4.78 is 5.60. The van der Waals surface area contributed by atoms with Gasteiger partial charge in [0, 0.05) is 4.90 Å². The Balaban J connectivity index is 1.69. The van der Waals surface area contributed by atoms with Crippen LogP contribution in [0.1, 0.15) is 18.1 Å². The minimum atomic E-state index is -0.128. The van der Waals surface area contributed by atoms with Crippen LogP contribution in [0.2, 0.25) is 0 Å².